The van der Waals surface area contributed by atoms with E-state index in [1.165, 1.54) is 0 Å². The molecule has 1 rings (SSSR count). The topological polar surface area (TPSA) is 96.2 Å². The van der Waals surface area contributed by atoms with Gasteiger partial charge in [-0.25, -0.2) is 4.79 Å². The first-order valence-electron chi connectivity index (χ1n) is 3.25. The Morgan fingerprint density at radius 3 is 2.75 bits per heavy atom. The summed E-state index contributed by atoms with van der Waals surface area (Å²) in [5, 5.41) is 8.51. The van der Waals surface area contributed by atoms with Crippen LogP contribution in [-0.2, 0) is 0 Å². The van der Waals surface area contributed by atoms with Crippen molar-refractivity contribution in [3.05, 3.63) is 27.7 Å². The summed E-state index contributed by atoms with van der Waals surface area (Å²) in [5.41, 5.74) is 5.18. The Bertz CT molecular complexity index is 381. The van der Waals surface area contributed by atoms with Gasteiger partial charge in [0.05, 0.1) is 5.69 Å². The molecule has 1 aromatic rings. The number of anilines is 1. The number of nitrogen functional groups attached to an aromatic ring is 1. The van der Waals surface area contributed by atoms with E-state index in [9.17, 15) is 9.59 Å². The molecular formula is C7H8N2O3. The molecule has 0 aliphatic carbocycles. The van der Waals surface area contributed by atoms with E-state index in [1.54, 1.807) is 6.92 Å². The van der Waals surface area contributed by atoms with Crippen molar-refractivity contribution in [2.24, 2.45) is 0 Å². The van der Waals surface area contributed by atoms with Crippen LogP contribution in [0.15, 0.2) is 10.9 Å². The summed E-state index contributed by atoms with van der Waals surface area (Å²) in [6, 6.07) is 1.15. The summed E-state index contributed by atoms with van der Waals surface area (Å²) in [6.07, 6.45) is 0. The van der Waals surface area contributed by atoms with E-state index in [1.807, 2.05) is 0 Å². The van der Waals surface area contributed by atoms with Gasteiger partial charge in [-0.05, 0) is 13.0 Å². The zero-order valence-electron chi connectivity index (χ0n) is 6.42. The number of hydrogen-bond donors (Lipinski definition) is 3. The summed E-state index contributed by atoms with van der Waals surface area (Å²) in [5.74, 6) is -1.28. The number of aromatic carboxylic acids is 1. The number of rotatable bonds is 1. The first-order valence-corrected chi connectivity index (χ1v) is 3.25. The number of carbonyl (C=O) groups is 1. The average Bonchev–Trinajstić information content (AvgIpc) is 1.96. The third kappa shape index (κ3) is 1.29. The molecule has 64 valence electrons. The van der Waals surface area contributed by atoms with Gasteiger partial charge in [0.1, 0.15) is 5.56 Å². The Labute approximate surface area is 67.8 Å². The molecule has 5 nitrogen and oxygen atoms in total. The number of nitrogens with two attached hydrogens (primary N) is 1. The van der Waals surface area contributed by atoms with Gasteiger partial charge < -0.3 is 15.8 Å². The average molecular weight is 168 g/mol. The van der Waals surface area contributed by atoms with Gasteiger partial charge in [0.25, 0.3) is 5.56 Å². The third-order valence-corrected chi connectivity index (χ3v) is 1.51. The normalized spacial score (nSPS) is 9.75. The van der Waals surface area contributed by atoms with Gasteiger partial charge in [-0.1, -0.05) is 0 Å². The lowest BCUT2D eigenvalue weighted by Crippen LogP contribution is -2.19. The van der Waals surface area contributed by atoms with Crippen LogP contribution in [0.5, 0.6) is 0 Å². The minimum atomic E-state index is -1.28. The fourth-order valence-electron chi connectivity index (χ4n) is 0.798. The molecule has 0 unspecified atom stereocenters. The number of H-pyrrole nitrogens is 1. The van der Waals surface area contributed by atoms with Gasteiger partial charge in [0.15, 0.2) is 0 Å². The van der Waals surface area contributed by atoms with Gasteiger partial charge in [0, 0.05) is 5.69 Å². The van der Waals surface area contributed by atoms with Crippen molar-refractivity contribution in [2.75, 3.05) is 5.73 Å². The highest BCUT2D eigenvalue weighted by Crippen LogP contribution is 2.05. The van der Waals surface area contributed by atoms with Crippen LogP contribution in [0, 0.1) is 6.92 Å². The number of nitrogens with one attached hydrogen (secondary N) is 1. The molecule has 0 radical (unpaired) electrons. The molecule has 1 heterocycles. The second-order valence-corrected chi connectivity index (χ2v) is 2.40. The third-order valence-electron chi connectivity index (χ3n) is 1.51. The summed E-state index contributed by atoms with van der Waals surface area (Å²) >= 11 is 0. The van der Waals surface area contributed by atoms with E-state index in [2.05, 4.69) is 4.98 Å². The first kappa shape index (κ1) is 8.32. The van der Waals surface area contributed by atoms with Crippen LogP contribution in [-0.4, -0.2) is 16.1 Å². The van der Waals surface area contributed by atoms with Gasteiger partial charge in [-0.15, -0.1) is 0 Å². The molecule has 0 aliphatic heterocycles. The zero-order chi connectivity index (χ0) is 9.30. The zero-order valence-corrected chi connectivity index (χ0v) is 6.42. The summed E-state index contributed by atoms with van der Waals surface area (Å²) in [4.78, 5) is 23.7. The summed E-state index contributed by atoms with van der Waals surface area (Å²) in [7, 11) is 0. The Hall–Kier alpha value is -1.78. The molecule has 0 saturated carbocycles. The molecule has 4 N–H and O–H groups in total. The molecule has 5 heteroatoms. The van der Waals surface area contributed by atoms with Crippen LogP contribution in [0.25, 0.3) is 0 Å². The maximum atomic E-state index is 10.9. The minimum absolute atomic E-state index is 0.270. The minimum Gasteiger partial charge on any atom is -0.477 e. The molecule has 1 aromatic heterocycles. The number of carboxylic acids is 1. The maximum Gasteiger partial charge on any atom is 0.341 e. The van der Waals surface area contributed by atoms with Crippen LogP contribution >= 0.6 is 0 Å². The number of aromatic amines is 1. The molecular weight excluding hydrogens is 160 g/mol. The quantitative estimate of drug-likeness (QED) is 0.548. The Balaban J connectivity index is 3.43. The monoisotopic (exact) mass is 168 g/mol. The molecule has 0 fully saturated rings. The van der Waals surface area contributed by atoms with E-state index in [-0.39, 0.29) is 11.3 Å². The van der Waals surface area contributed by atoms with Crippen LogP contribution < -0.4 is 11.3 Å². The van der Waals surface area contributed by atoms with Gasteiger partial charge in [-0.3, -0.25) is 4.79 Å². The van der Waals surface area contributed by atoms with E-state index in [0.29, 0.717) is 5.69 Å². The van der Waals surface area contributed by atoms with E-state index in [4.69, 9.17) is 10.8 Å². The maximum absolute atomic E-state index is 10.9. The Kier molecular flexibility index (Phi) is 1.86. The molecule has 0 bridgehead atoms. The number of carboxylic acid groups (broad SMARTS) is 1. The largest absolute Gasteiger partial charge is 0.477 e. The lowest BCUT2D eigenvalue weighted by molar-refractivity contribution is 0.0695. The second kappa shape index (κ2) is 2.69. The molecule has 0 amide bonds. The molecule has 0 aliphatic rings. The van der Waals surface area contributed by atoms with Crippen molar-refractivity contribution >= 4 is 11.7 Å². The lowest BCUT2D eigenvalue weighted by Gasteiger charge is -1.99. The number of hydrogen-bond acceptors (Lipinski definition) is 3. The predicted molar refractivity (Wildman–Crippen MR) is 43.2 cm³/mol. The second-order valence-electron chi connectivity index (χ2n) is 2.40. The molecule has 0 spiro atoms. The van der Waals surface area contributed by atoms with Crippen LogP contribution in [0.1, 0.15) is 16.1 Å². The van der Waals surface area contributed by atoms with E-state index >= 15 is 0 Å². The molecule has 12 heavy (non-hydrogen) atoms. The van der Waals surface area contributed by atoms with Crippen molar-refractivity contribution in [3.8, 4) is 0 Å². The van der Waals surface area contributed by atoms with Crippen molar-refractivity contribution in [3.63, 3.8) is 0 Å². The predicted octanol–water partition coefficient (Wildman–Crippen LogP) is -0.0363. The SMILES string of the molecule is Cc1[nH]c(=O)c(C(=O)O)cc1N. The van der Waals surface area contributed by atoms with Crippen LogP contribution in [0.3, 0.4) is 0 Å². The van der Waals surface area contributed by atoms with Crippen molar-refractivity contribution in [1.82, 2.24) is 4.98 Å². The summed E-state index contributed by atoms with van der Waals surface area (Å²) in [6.45, 7) is 1.60. The van der Waals surface area contributed by atoms with E-state index < -0.39 is 11.5 Å². The highest BCUT2D eigenvalue weighted by atomic mass is 16.4. The van der Waals surface area contributed by atoms with Crippen molar-refractivity contribution < 1.29 is 9.90 Å². The van der Waals surface area contributed by atoms with Crippen molar-refractivity contribution in [1.29, 1.82) is 0 Å². The van der Waals surface area contributed by atoms with Gasteiger partial charge in [-0.2, -0.15) is 0 Å². The molecule has 0 atom stereocenters. The van der Waals surface area contributed by atoms with E-state index in [0.717, 1.165) is 6.07 Å². The molecule has 0 aromatic carbocycles. The van der Waals surface area contributed by atoms with Gasteiger partial charge >= 0.3 is 5.97 Å². The van der Waals surface area contributed by atoms with Gasteiger partial charge in [0.2, 0.25) is 0 Å². The standard InChI is InChI=1S/C7H8N2O3/c1-3-5(8)2-4(7(11)12)6(10)9-3/h2H,8H2,1H3,(H,9,10)(H,11,12). The Morgan fingerprint density at radius 1 is 1.67 bits per heavy atom. The fourth-order valence-corrected chi connectivity index (χ4v) is 0.798. The Morgan fingerprint density at radius 2 is 2.25 bits per heavy atom. The number of aromatic nitrogens is 1. The smallest absolute Gasteiger partial charge is 0.341 e. The summed E-state index contributed by atoms with van der Waals surface area (Å²) < 4.78 is 0. The fraction of sp³-hybridized carbons (Fsp3) is 0.143. The first-order chi connectivity index (χ1) is 5.52. The highest BCUT2D eigenvalue weighted by Gasteiger charge is 2.09. The van der Waals surface area contributed by atoms with Crippen LogP contribution in [0.4, 0.5) is 5.69 Å². The number of aryl methyl sites for hydroxylation is 1. The lowest BCUT2D eigenvalue weighted by atomic mass is 10.2. The molecule has 0 saturated heterocycles. The highest BCUT2D eigenvalue weighted by molar-refractivity contribution is 5.88. The number of pyridine rings is 1. The van der Waals surface area contributed by atoms with Crippen LogP contribution in [0.2, 0.25) is 0 Å². The van der Waals surface area contributed by atoms with Crippen molar-refractivity contribution in [2.45, 2.75) is 6.92 Å².